The number of para-hydroxylation sites is 1. The Morgan fingerprint density at radius 2 is 1.77 bits per heavy atom. The van der Waals surface area contributed by atoms with Crippen LogP contribution in [0, 0.1) is 5.82 Å². The van der Waals surface area contributed by atoms with Gasteiger partial charge in [0.15, 0.2) is 5.13 Å². The lowest BCUT2D eigenvalue weighted by atomic mass is 10.0. The third-order valence-electron chi connectivity index (χ3n) is 4.76. The number of carbonyl (C=O) groups excluding carboxylic acids is 1. The number of hydrogen-bond donors (Lipinski definition) is 1. The number of nitrogens with zero attached hydrogens (tertiary/aromatic N) is 3. The standard InChI is InChI=1S/C24H15FN4OS/c25-17-7-3-5-15(11-17)22-14-31-24(28-22)29-23(30)19-12-21(16-6-4-10-26-13-16)27-20-9-2-1-8-18(19)20/h1-14H,(H,28,29,30). The lowest BCUT2D eigenvalue weighted by molar-refractivity contribution is 0.102. The number of anilines is 1. The summed E-state index contributed by atoms with van der Waals surface area (Å²) in [6.07, 6.45) is 3.40. The van der Waals surface area contributed by atoms with Crippen LogP contribution in [-0.2, 0) is 0 Å². The second-order valence-corrected chi connectivity index (χ2v) is 7.67. The Morgan fingerprint density at radius 1 is 0.903 bits per heavy atom. The Hall–Kier alpha value is -3.97. The van der Waals surface area contributed by atoms with E-state index in [0.29, 0.717) is 33.2 Å². The van der Waals surface area contributed by atoms with Gasteiger partial charge >= 0.3 is 0 Å². The molecule has 0 spiro atoms. The molecule has 1 amide bonds. The first-order valence-electron chi connectivity index (χ1n) is 9.50. The molecule has 5 aromatic rings. The highest BCUT2D eigenvalue weighted by atomic mass is 32.1. The Bertz CT molecular complexity index is 1400. The first kappa shape index (κ1) is 19.0. The molecule has 0 aliphatic carbocycles. The molecular formula is C24H15FN4OS. The quantitative estimate of drug-likeness (QED) is 0.394. The number of fused-ring (bicyclic) bond motifs is 1. The van der Waals surface area contributed by atoms with E-state index in [4.69, 9.17) is 0 Å². The lowest BCUT2D eigenvalue weighted by Crippen LogP contribution is -2.13. The van der Waals surface area contributed by atoms with Crippen LogP contribution in [0.4, 0.5) is 9.52 Å². The summed E-state index contributed by atoms with van der Waals surface area (Å²) in [4.78, 5) is 26.4. The molecule has 3 heterocycles. The van der Waals surface area contributed by atoms with Crippen LogP contribution in [0.3, 0.4) is 0 Å². The van der Waals surface area contributed by atoms with E-state index >= 15 is 0 Å². The molecule has 0 fully saturated rings. The molecule has 150 valence electrons. The second-order valence-electron chi connectivity index (χ2n) is 6.82. The van der Waals surface area contributed by atoms with E-state index in [2.05, 4.69) is 20.3 Å². The number of hydrogen-bond acceptors (Lipinski definition) is 5. The normalized spacial score (nSPS) is 10.9. The van der Waals surface area contributed by atoms with E-state index in [9.17, 15) is 9.18 Å². The van der Waals surface area contributed by atoms with Gasteiger partial charge in [-0.2, -0.15) is 0 Å². The van der Waals surface area contributed by atoms with Crippen LogP contribution in [0.5, 0.6) is 0 Å². The number of halogens is 1. The fourth-order valence-electron chi connectivity index (χ4n) is 3.30. The fraction of sp³-hybridized carbons (Fsp3) is 0. The molecule has 5 nitrogen and oxygen atoms in total. The molecule has 3 aromatic heterocycles. The van der Waals surface area contributed by atoms with Crippen LogP contribution in [0.2, 0.25) is 0 Å². The average Bonchev–Trinajstić information content (AvgIpc) is 3.27. The van der Waals surface area contributed by atoms with Crippen molar-refractivity contribution in [2.75, 3.05) is 5.32 Å². The van der Waals surface area contributed by atoms with E-state index in [1.54, 1.807) is 36.0 Å². The van der Waals surface area contributed by atoms with Gasteiger partial charge in [0.25, 0.3) is 5.91 Å². The molecular weight excluding hydrogens is 411 g/mol. The van der Waals surface area contributed by atoms with Crippen molar-refractivity contribution in [2.45, 2.75) is 0 Å². The zero-order valence-corrected chi connectivity index (χ0v) is 16.9. The Labute approximate surface area is 181 Å². The summed E-state index contributed by atoms with van der Waals surface area (Å²) in [5, 5.41) is 5.84. The van der Waals surface area contributed by atoms with Gasteiger partial charge in [-0.25, -0.2) is 14.4 Å². The molecule has 0 aliphatic heterocycles. The highest BCUT2D eigenvalue weighted by Gasteiger charge is 2.16. The molecule has 2 aromatic carbocycles. The number of nitrogens with one attached hydrogen (secondary N) is 1. The molecule has 0 bridgehead atoms. The van der Waals surface area contributed by atoms with Crippen LogP contribution in [-0.4, -0.2) is 20.9 Å². The smallest absolute Gasteiger partial charge is 0.258 e. The van der Waals surface area contributed by atoms with E-state index < -0.39 is 0 Å². The summed E-state index contributed by atoms with van der Waals surface area (Å²) in [5.41, 5.74) is 3.96. The van der Waals surface area contributed by atoms with E-state index in [-0.39, 0.29) is 11.7 Å². The van der Waals surface area contributed by atoms with Gasteiger partial charge in [-0.1, -0.05) is 30.3 Å². The van der Waals surface area contributed by atoms with Crippen molar-refractivity contribution >= 4 is 33.3 Å². The van der Waals surface area contributed by atoms with Crippen LogP contribution in [0.15, 0.2) is 84.5 Å². The molecule has 0 unspecified atom stereocenters. The van der Waals surface area contributed by atoms with E-state index in [1.165, 1.54) is 23.5 Å². The van der Waals surface area contributed by atoms with Crippen LogP contribution >= 0.6 is 11.3 Å². The number of thiazole rings is 1. The number of amides is 1. The molecule has 0 radical (unpaired) electrons. The van der Waals surface area contributed by atoms with Crippen LogP contribution < -0.4 is 5.32 Å². The average molecular weight is 426 g/mol. The minimum absolute atomic E-state index is 0.288. The Kier molecular flexibility index (Phi) is 4.93. The van der Waals surface area contributed by atoms with Crippen molar-refractivity contribution in [1.29, 1.82) is 0 Å². The van der Waals surface area contributed by atoms with Crippen molar-refractivity contribution < 1.29 is 9.18 Å². The highest BCUT2D eigenvalue weighted by Crippen LogP contribution is 2.28. The molecule has 0 saturated carbocycles. The third-order valence-corrected chi connectivity index (χ3v) is 5.52. The maximum absolute atomic E-state index is 13.5. The van der Waals surface area contributed by atoms with Crippen molar-refractivity contribution in [1.82, 2.24) is 15.0 Å². The van der Waals surface area contributed by atoms with Gasteiger partial charge in [0.1, 0.15) is 5.82 Å². The maximum Gasteiger partial charge on any atom is 0.258 e. The predicted molar refractivity (Wildman–Crippen MR) is 120 cm³/mol. The summed E-state index contributed by atoms with van der Waals surface area (Å²) in [6, 6.07) is 19.2. The summed E-state index contributed by atoms with van der Waals surface area (Å²) in [6.45, 7) is 0. The molecule has 7 heteroatoms. The van der Waals surface area contributed by atoms with Gasteiger partial charge in [0, 0.05) is 34.3 Å². The van der Waals surface area contributed by atoms with Gasteiger partial charge in [0.05, 0.1) is 22.5 Å². The Balaban J connectivity index is 1.50. The topological polar surface area (TPSA) is 67.8 Å². The molecule has 0 aliphatic rings. The van der Waals surface area contributed by atoms with Gasteiger partial charge in [-0.3, -0.25) is 15.1 Å². The van der Waals surface area contributed by atoms with Crippen molar-refractivity contribution in [3.05, 3.63) is 95.9 Å². The predicted octanol–water partition coefficient (Wildman–Crippen LogP) is 5.81. The number of benzene rings is 2. The minimum Gasteiger partial charge on any atom is -0.298 e. The van der Waals surface area contributed by atoms with Crippen LogP contribution in [0.25, 0.3) is 33.4 Å². The molecule has 31 heavy (non-hydrogen) atoms. The molecule has 5 rings (SSSR count). The van der Waals surface area contributed by atoms with Gasteiger partial charge in [-0.05, 0) is 36.4 Å². The van der Waals surface area contributed by atoms with E-state index in [0.717, 1.165) is 10.9 Å². The monoisotopic (exact) mass is 426 g/mol. The number of pyridine rings is 2. The zero-order valence-electron chi connectivity index (χ0n) is 16.1. The number of carbonyl (C=O) groups is 1. The first-order chi connectivity index (χ1) is 15.2. The summed E-state index contributed by atoms with van der Waals surface area (Å²) >= 11 is 1.29. The number of aromatic nitrogens is 3. The zero-order chi connectivity index (χ0) is 21.2. The van der Waals surface area contributed by atoms with Crippen molar-refractivity contribution in [2.24, 2.45) is 0 Å². The maximum atomic E-state index is 13.5. The van der Waals surface area contributed by atoms with Gasteiger partial charge < -0.3 is 0 Å². The molecule has 1 N–H and O–H groups in total. The number of rotatable bonds is 4. The van der Waals surface area contributed by atoms with Crippen LogP contribution in [0.1, 0.15) is 10.4 Å². The first-order valence-corrected chi connectivity index (χ1v) is 10.4. The SMILES string of the molecule is O=C(Nc1nc(-c2cccc(F)c2)cs1)c1cc(-c2cccnc2)nc2ccccc12. The Morgan fingerprint density at radius 3 is 2.61 bits per heavy atom. The summed E-state index contributed by atoms with van der Waals surface area (Å²) in [7, 11) is 0. The fourth-order valence-corrected chi connectivity index (χ4v) is 4.02. The largest absolute Gasteiger partial charge is 0.298 e. The summed E-state index contributed by atoms with van der Waals surface area (Å²) in [5.74, 6) is -0.619. The van der Waals surface area contributed by atoms with Gasteiger partial charge in [-0.15, -0.1) is 11.3 Å². The van der Waals surface area contributed by atoms with Gasteiger partial charge in [0.2, 0.25) is 0 Å². The van der Waals surface area contributed by atoms with Crippen molar-refractivity contribution in [3.8, 4) is 22.5 Å². The van der Waals surface area contributed by atoms with Crippen molar-refractivity contribution in [3.63, 3.8) is 0 Å². The molecule has 0 atom stereocenters. The highest BCUT2D eigenvalue weighted by molar-refractivity contribution is 7.14. The molecule has 0 saturated heterocycles. The van der Waals surface area contributed by atoms with E-state index in [1.807, 2.05) is 36.4 Å². The minimum atomic E-state index is -0.331. The third kappa shape index (κ3) is 3.91. The second kappa shape index (κ2) is 8.04. The summed E-state index contributed by atoms with van der Waals surface area (Å²) < 4.78 is 13.5. The lowest BCUT2D eigenvalue weighted by Gasteiger charge is -2.09.